The molecule has 0 atom stereocenters. The molecule has 6 nitrogen and oxygen atoms in total. The van der Waals surface area contributed by atoms with Crippen LogP contribution < -0.4 is 14.8 Å². The lowest BCUT2D eigenvalue weighted by molar-refractivity contribution is 0.102. The summed E-state index contributed by atoms with van der Waals surface area (Å²) in [5.41, 5.74) is 1.35. The fourth-order valence-corrected chi connectivity index (χ4v) is 2.62. The van der Waals surface area contributed by atoms with Crippen LogP contribution in [-0.2, 0) is 0 Å². The van der Waals surface area contributed by atoms with Crippen LogP contribution in [0.5, 0.6) is 17.2 Å². The zero-order valence-corrected chi connectivity index (χ0v) is 15.3. The van der Waals surface area contributed by atoms with Gasteiger partial charge in [0.15, 0.2) is 5.75 Å². The molecule has 1 aromatic heterocycles. The molecule has 0 saturated heterocycles. The van der Waals surface area contributed by atoms with Gasteiger partial charge in [0.05, 0.1) is 18.5 Å². The minimum atomic E-state index is -0.344. The highest BCUT2D eigenvalue weighted by Crippen LogP contribution is 2.33. The van der Waals surface area contributed by atoms with Crippen LogP contribution in [0, 0.1) is 13.8 Å². The lowest BCUT2D eigenvalue weighted by atomic mass is 10.2. The zero-order valence-electron chi connectivity index (χ0n) is 14.5. The van der Waals surface area contributed by atoms with Gasteiger partial charge in [-0.15, -0.1) is 0 Å². The number of halogens is 1. The Morgan fingerprint density at radius 1 is 1.12 bits per heavy atom. The SMILES string of the molecule is COc1ccc(Oc2ccc(Cl)cc2NC(=O)c2c(C)noc2C)cc1. The molecule has 0 aliphatic heterocycles. The van der Waals surface area contributed by atoms with Crippen molar-refractivity contribution in [2.75, 3.05) is 12.4 Å². The third-order valence-electron chi connectivity index (χ3n) is 3.74. The van der Waals surface area contributed by atoms with Gasteiger partial charge in [-0.3, -0.25) is 4.79 Å². The second kappa shape index (κ2) is 7.49. The average molecular weight is 373 g/mol. The van der Waals surface area contributed by atoms with Gasteiger partial charge in [0.2, 0.25) is 0 Å². The van der Waals surface area contributed by atoms with Gasteiger partial charge in [-0.05, 0) is 56.3 Å². The molecule has 7 heteroatoms. The van der Waals surface area contributed by atoms with Crippen LogP contribution in [-0.4, -0.2) is 18.2 Å². The molecule has 0 fully saturated rings. The van der Waals surface area contributed by atoms with E-state index >= 15 is 0 Å². The summed E-state index contributed by atoms with van der Waals surface area (Å²) in [7, 11) is 1.59. The maximum absolute atomic E-state index is 12.6. The number of aryl methyl sites for hydroxylation is 2. The van der Waals surface area contributed by atoms with Crippen molar-refractivity contribution in [2.24, 2.45) is 0 Å². The number of rotatable bonds is 5. The van der Waals surface area contributed by atoms with Crippen molar-refractivity contribution in [3.05, 3.63) is 64.5 Å². The number of carbonyl (C=O) groups excluding carboxylic acids is 1. The molecule has 0 spiro atoms. The van der Waals surface area contributed by atoms with E-state index in [0.29, 0.717) is 39.2 Å². The van der Waals surface area contributed by atoms with Crippen LogP contribution in [0.2, 0.25) is 5.02 Å². The van der Waals surface area contributed by atoms with Gasteiger partial charge in [0.25, 0.3) is 5.91 Å². The van der Waals surface area contributed by atoms with Crippen molar-refractivity contribution in [3.8, 4) is 17.2 Å². The Balaban J connectivity index is 1.87. The molecule has 0 bridgehead atoms. The first-order valence-corrected chi connectivity index (χ1v) is 8.21. The molecular weight excluding hydrogens is 356 g/mol. The Morgan fingerprint density at radius 3 is 2.42 bits per heavy atom. The predicted octanol–water partition coefficient (Wildman–Crippen LogP) is 5.00. The van der Waals surface area contributed by atoms with Gasteiger partial charge in [-0.2, -0.15) is 0 Å². The van der Waals surface area contributed by atoms with E-state index in [1.165, 1.54) is 0 Å². The lowest BCUT2D eigenvalue weighted by Crippen LogP contribution is -2.14. The standard InChI is InChI=1S/C19H17ClN2O4/c1-11-18(12(2)26-22-11)19(23)21-16-10-13(20)4-9-17(16)25-15-7-5-14(24-3)6-8-15/h4-10H,1-3H3,(H,21,23). The van der Waals surface area contributed by atoms with Gasteiger partial charge >= 0.3 is 0 Å². The minimum absolute atomic E-state index is 0.344. The summed E-state index contributed by atoms with van der Waals surface area (Å²) in [5, 5.41) is 7.08. The first-order valence-electron chi connectivity index (χ1n) is 7.83. The number of benzene rings is 2. The molecule has 26 heavy (non-hydrogen) atoms. The Bertz CT molecular complexity index is 916. The number of hydrogen-bond donors (Lipinski definition) is 1. The highest BCUT2D eigenvalue weighted by atomic mass is 35.5. The topological polar surface area (TPSA) is 73.6 Å². The Kier molecular flexibility index (Phi) is 5.14. The van der Waals surface area contributed by atoms with Gasteiger partial charge in [0.1, 0.15) is 22.8 Å². The molecule has 0 aliphatic carbocycles. The van der Waals surface area contributed by atoms with Gasteiger partial charge in [0, 0.05) is 5.02 Å². The van der Waals surface area contributed by atoms with Crippen molar-refractivity contribution in [1.82, 2.24) is 5.16 Å². The van der Waals surface area contributed by atoms with Crippen LogP contribution >= 0.6 is 11.6 Å². The molecule has 2 aromatic carbocycles. The Morgan fingerprint density at radius 2 is 1.81 bits per heavy atom. The smallest absolute Gasteiger partial charge is 0.261 e. The van der Waals surface area contributed by atoms with E-state index in [1.807, 2.05) is 0 Å². The van der Waals surface area contributed by atoms with E-state index < -0.39 is 0 Å². The largest absolute Gasteiger partial charge is 0.497 e. The van der Waals surface area contributed by atoms with Gasteiger partial charge in [-0.25, -0.2) is 0 Å². The third-order valence-corrected chi connectivity index (χ3v) is 3.97. The highest BCUT2D eigenvalue weighted by Gasteiger charge is 2.19. The number of hydrogen-bond acceptors (Lipinski definition) is 5. The Labute approximate surface area is 155 Å². The summed E-state index contributed by atoms with van der Waals surface area (Å²) < 4.78 is 16.1. The number of ether oxygens (including phenoxy) is 2. The molecule has 1 heterocycles. The van der Waals surface area contributed by atoms with E-state index in [-0.39, 0.29) is 5.91 Å². The second-order valence-electron chi connectivity index (χ2n) is 5.57. The maximum Gasteiger partial charge on any atom is 0.261 e. The molecule has 0 unspecified atom stereocenters. The van der Waals surface area contributed by atoms with Crippen molar-refractivity contribution >= 4 is 23.2 Å². The number of nitrogens with zero attached hydrogens (tertiary/aromatic N) is 1. The fourth-order valence-electron chi connectivity index (χ4n) is 2.45. The normalized spacial score (nSPS) is 10.5. The molecular formula is C19H17ClN2O4. The van der Waals surface area contributed by atoms with E-state index in [0.717, 1.165) is 5.75 Å². The molecule has 134 valence electrons. The zero-order chi connectivity index (χ0) is 18.7. The Hall–Kier alpha value is -2.99. The van der Waals surface area contributed by atoms with Crippen LogP contribution in [0.25, 0.3) is 0 Å². The van der Waals surface area contributed by atoms with Gasteiger partial charge < -0.3 is 19.3 Å². The molecule has 0 aliphatic rings. The average Bonchev–Trinajstić information content (AvgIpc) is 2.96. The van der Waals surface area contributed by atoms with Crippen LogP contribution in [0.3, 0.4) is 0 Å². The first-order chi connectivity index (χ1) is 12.5. The third kappa shape index (κ3) is 3.81. The van der Waals surface area contributed by atoms with Crippen molar-refractivity contribution < 1.29 is 18.8 Å². The second-order valence-corrected chi connectivity index (χ2v) is 6.01. The van der Waals surface area contributed by atoms with Crippen molar-refractivity contribution in [1.29, 1.82) is 0 Å². The van der Waals surface area contributed by atoms with Crippen LogP contribution in [0.15, 0.2) is 47.0 Å². The number of anilines is 1. The summed E-state index contributed by atoms with van der Waals surface area (Å²) in [6, 6.07) is 12.1. The highest BCUT2D eigenvalue weighted by molar-refractivity contribution is 6.31. The van der Waals surface area contributed by atoms with Gasteiger partial charge in [-0.1, -0.05) is 16.8 Å². The van der Waals surface area contributed by atoms with Crippen molar-refractivity contribution in [3.63, 3.8) is 0 Å². The number of methoxy groups -OCH3 is 1. The summed E-state index contributed by atoms with van der Waals surface area (Å²) in [6.07, 6.45) is 0. The monoisotopic (exact) mass is 372 g/mol. The van der Waals surface area contributed by atoms with Crippen molar-refractivity contribution in [2.45, 2.75) is 13.8 Å². The molecule has 0 radical (unpaired) electrons. The minimum Gasteiger partial charge on any atom is -0.497 e. The summed E-state index contributed by atoms with van der Waals surface area (Å²) >= 11 is 6.08. The van der Waals surface area contributed by atoms with E-state index in [9.17, 15) is 4.79 Å². The molecule has 1 N–H and O–H groups in total. The first kappa shape index (κ1) is 17.8. The molecule has 3 rings (SSSR count). The summed E-state index contributed by atoms with van der Waals surface area (Å²) in [6.45, 7) is 3.39. The van der Waals surface area contributed by atoms with Crippen LogP contribution in [0.1, 0.15) is 21.8 Å². The van der Waals surface area contributed by atoms with E-state index in [4.69, 9.17) is 25.6 Å². The fraction of sp³-hybridized carbons (Fsp3) is 0.158. The van der Waals surface area contributed by atoms with E-state index in [1.54, 1.807) is 63.4 Å². The summed E-state index contributed by atoms with van der Waals surface area (Å²) in [4.78, 5) is 12.6. The van der Waals surface area contributed by atoms with E-state index in [2.05, 4.69) is 10.5 Å². The number of carbonyl (C=O) groups is 1. The maximum atomic E-state index is 12.6. The number of amides is 1. The number of nitrogens with one attached hydrogen (secondary N) is 1. The van der Waals surface area contributed by atoms with Crippen LogP contribution in [0.4, 0.5) is 5.69 Å². The molecule has 1 amide bonds. The quantitative estimate of drug-likeness (QED) is 0.682. The predicted molar refractivity (Wildman–Crippen MR) is 98.5 cm³/mol. The summed E-state index contributed by atoms with van der Waals surface area (Å²) in [5.74, 6) is 1.88. The molecule has 3 aromatic rings. The number of aromatic nitrogens is 1. The lowest BCUT2D eigenvalue weighted by Gasteiger charge is -2.13. The molecule has 0 saturated carbocycles.